The van der Waals surface area contributed by atoms with Gasteiger partial charge in [0.25, 0.3) is 0 Å². The molecule has 0 N–H and O–H groups in total. The minimum Gasteiger partial charge on any atom is -0.339 e. The predicted molar refractivity (Wildman–Crippen MR) is 90.5 cm³/mol. The molecule has 0 saturated carbocycles. The molecular weight excluding hydrogens is 340 g/mol. The molecule has 1 aliphatic rings. The fourth-order valence-corrected chi connectivity index (χ4v) is 3.14. The SMILES string of the molecule is Cc1c(F)cccc1N1CC(c2nc(-c3cccc(F)c3)no2)CC1=O. The first kappa shape index (κ1) is 16.4. The quantitative estimate of drug-likeness (QED) is 0.716. The molecule has 0 spiro atoms. The Kier molecular flexibility index (Phi) is 3.99. The van der Waals surface area contributed by atoms with Crippen LogP contribution >= 0.6 is 0 Å². The van der Waals surface area contributed by atoms with Crippen LogP contribution in [0.15, 0.2) is 47.0 Å². The molecular formula is C19H15F2N3O2. The van der Waals surface area contributed by atoms with Gasteiger partial charge in [-0.05, 0) is 31.2 Å². The van der Waals surface area contributed by atoms with E-state index >= 15 is 0 Å². The number of hydrogen-bond acceptors (Lipinski definition) is 4. The van der Waals surface area contributed by atoms with Crippen LogP contribution in [0.25, 0.3) is 11.4 Å². The third kappa shape index (κ3) is 2.85. The summed E-state index contributed by atoms with van der Waals surface area (Å²) < 4.78 is 32.4. The van der Waals surface area contributed by atoms with E-state index in [1.54, 1.807) is 31.2 Å². The first-order valence-corrected chi connectivity index (χ1v) is 8.18. The second-order valence-corrected chi connectivity index (χ2v) is 6.26. The molecule has 132 valence electrons. The van der Waals surface area contributed by atoms with Gasteiger partial charge in [-0.25, -0.2) is 8.78 Å². The molecule has 0 bridgehead atoms. The van der Waals surface area contributed by atoms with Crippen molar-refractivity contribution in [1.29, 1.82) is 0 Å². The van der Waals surface area contributed by atoms with Crippen molar-refractivity contribution < 1.29 is 18.1 Å². The second kappa shape index (κ2) is 6.33. The second-order valence-electron chi connectivity index (χ2n) is 6.26. The number of carbonyl (C=O) groups excluding carboxylic acids is 1. The fraction of sp³-hybridized carbons (Fsp3) is 0.211. The average molecular weight is 355 g/mol. The van der Waals surface area contributed by atoms with E-state index in [2.05, 4.69) is 10.1 Å². The van der Waals surface area contributed by atoms with E-state index in [4.69, 9.17) is 4.52 Å². The molecule has 0 radical (unpaired) electrons. The highest BCUT2D eigenvalue weighted by Gasteiger charge is 2.36. The Bertz CT molecular complexity index is 986. The van der Waals surface area contributed by atoms with Crippen molar-refractivity contribution in [2.45, 2.75) is 19.3 Å². The van der Waals surface area contributed by atoms with Gasteiger partial charge in [0.15, 0.2) is 0 Å². The summed E-state index contributed by atoms with van der Waals surface area (Å²) in [4.78, 5) is 18.3. The van der Waals surface area contributed by atoms with Crippen LogP contribution in [0.1, 0.15) is 23.8 Å². The van der Waals surface area contributed by atoms with E-state index in [1.807, 2.05) is 0 Å². The molecule has 1 unspecified atom stereocenters. The summed E-state index contributed by atoms with van der Waals surface area (Å²) >= 11 is 0. The van der Waals surface area contributed by atoms with Crippen molar-refractivity contribution in [2.75, 3.05) is 11.4 Å². The van der Waals surface area contributed by atoms with Crippen LogP contribution in [-0.4, -0.2) is 22.6 Å². The van der Waals surface area contributed by atoms with Crippen molar-refractivity contribution >= 4 is 11.6 Å². The van der Waals surface area contributed by atoms with Crippen LogP contribution < -0.4 is 4.90 Å². The van der Waals surface area contributed by atoms with E-state index in [1.165, 1.54) is 23.1 Å². The fourth-order valence-electron chi connectivity index (χ4n) is 3.14. The highest BCUT2D eigenvalue weighted by molar-refractivity contribution is 5.97. The Labute approximate surface area is 148 Å². The van der Waals surface area contributed by atoms with E-state index in [-0.39, 0.29) is 29.9 Å². The molecule has 1 aliphatic heterocycles. The number of rotatable bonds is 3. The smallest absolute Gasteiger partial charge is 0.232 e. The number of nitrogens with zero attached hydrogens (tertiary/aromatic N) is 3. The van der Waals surface area contributed by atoms with Crippen molar-refractivity contribution in [2.24, 2.45) is 0 Å². The van der Waals surface area contributed by atoms with Crippen LogP contribution in [0.2, 0.25) is 0 Å². The Balaban J connectivity index is 1.59. The molecule has 1 fully saturated rings. The Morgan fingerprint density at radius 3 is 2.81 bits per heavy atom. The largest absolute Gasteiger partial charge is 0.339 e. The first-order valence-electron chi connectivity index (χ1n) is 8.18. The van der Waals surface area contributed by atoms with Crippen molar-refractivity contribution in [3.05, 3.63) is 65.6 Å². The molecule has 1 aromatic heterocycles. The molecule has 1 amide bonds. The molecule has 1 saturated heterocycles. The van der Waals surface area contributed by atoms with Gasteiger partial charge in [-0.2, -0.15) is 4.98 Å². The zero-order valence-corrected chi connectivity index (χ0v) is 13.9. The Morgan fingerprint density at radius 2 is 2.00 bits per heavy atom. The van der Waals surface area contributed by atoms with Crippen LogP contribution in [0, 0.1) is 18.6 Å². The summed E-state index contributed by atoms with van der Waals surface area (Å²) in [6.45, 7) is 1.97. The number of carbonyl (C=O) groups is 1. The van der Waals surface area contributed by atoms with Crippen molar-refractivity contribution in [3.8, 4) is 11.4 Å². The molecule has 5 nitrogen and oxygen atoms in total. The molecule has 7 heteroatoms. The molecule has 0 aliphatic carbocycles. The molecule has 3 aromatic rings. The highest BCUT2D eigenvalue weighted by Crippen LogP contribution is 2.34. The van der Waals surface area contributed by atoms with Gasteiger partial charge < -0.3 is 9.42 Å². The number of aromatic nitrogens is 2. The minimum atomic E-state index is -0.391. The summed E-state index contributed by atoms with van der Waals surface area (Å²) in [7, 11) is 0. The summed E-state index contributed by atoms with van der Waals surface area (Å²) in [5, 5.41) is 3.88. The van der Waals surface area contributed by atoms with Gasteiger partial charge in [-0.15, -0.1) is 0 Å². The summed E-state index contributed by atoms with van der Waals surface area (Å²) in [5.74, 6) is -0.585. The third-order valence-corrected chi connectivity index (χ3v) is 4.53. The maximum Gasteiger partial charge on any atom is 0.232 e. The maximum absolute atomic E-state index is 13.8. The zero-order chi connectivity index (χ0) is 18.3. The van der Waals surface area contributed by atoms with Gasteiger partial charge in [0.2, 0.25) is 17.6 Å². The number of halogens is 2. The topological polar surface area (TPSA) is 59.2 Å². The van der Waals surface area contributed by atoms with Crippen LogP contribution in [-0.2, 0) is 4.79 Å². The summed E-state index contributed by atoms with van der Waals surface area (Å²) in [5.41, 5.74) is 1.47. The normalized spacial score (nSPS) is 17.1. The lowest BCUT2D eigenvalue weighted by molar-refractivity contribution is -0.117. The predicted octanol–water partition coefficient (Wildman–Crippen LogP) is 3.84. The van der Waals surface area contributed by atoms with Crippen LogP contribution in [0.3, 0.4) is 0 Å². The summed E-state index contributed by atoms with van der Waals surface area (Å²) in [6, 6.07) is 10.5. The number of anilines is 1. The monoisotopic (exact) mass is 355 g/mol. The van der Waals surface area contributed by atoms with Gasteiger partial charge >= 0.3 is 0 Å². The molecule has 2 heterocycles. The first-order chi connectivity index (χ1) is 12.5. The standard InChI is InChI=1S/C19H15F2N3O2/c1-11-15(21)6-3-7-16(11)24-10-13(9-17(24)25)19-22-18(23-26-19)12-4-2-5-14(20)8-12/h2-8,13H,9-10H2,1H3. The highest BCUT2D eigenvalue weighted by atomic mass is 19.1. The van der Waals surface area contributed by atoms with E-state index in [0.29, 0.717) is 29.2 Å². The molecule has 26 heavy (non-hydrogen) atoms. The lowest BCUT2D eigenvalue weighted by Gasteiger charge is -2.18. The molecule has 2 aromatic carbocycles. The number of benzene rings is 2. The Morgan fingerprint density at radius 1 is 1.19 bits per heavy atom. The van der Waals surface area contributed by atoms with Gasteiger partial charge in [-0.1, -0.05) is 23.4 Å². The van der Waals surface area contributed by atoms with Crippen molar-refractivity contribution in [3.63, 3.8) is 0 Å². The van der Waals surface area contributed by atoms with Crippen molar-refractivity contribution in [1.82, 2.24) is 10.1 Å². The maximum atomic E-state index is 13.8. The number of amides is 1. The van der Waals surface area contributed by atoms with E-state index in [0.717, 1.165) is 0 Å². The van der Waals surface area contributed by atoms with Crippen LogP contribution in [0.5, 0.6) is 0 Å². The minimum absolute atomic E-state index is 0.130. The van der Waals surface area contributed by atoms with Crippen LogP contribution in [0.4, 0.5) is 14.5 Å². The zero-order valence-electron chi connectivity index (χ0n) is 13.9. The third-order valence-electron chi connectivity index (χ3n) is 4.53. The number of hydrogen-bond donors (Lipinski definition) is 0. The lowest BCUT2D eigenvalue weighted by Crippen LogP contribution is -2.25. The van der Waals surface area contributed by atoms with E-state index in [9.17, 15) is 13.6 Å². The Hall–Kier alpha value is -3.09. The molecule has 1 atom stereocenters. The lowest BCUT2D eigenvalue weighted by atomic mass is 10.1. The molecule has 4 rings (SSSR count). The van der Waals surface area contributed by atoms with Gasteiger partial charge in [0.05, 0.1) is 5.92 Å². The van der Waals surface area contributed by atoms with Gasteiger partial charge in [0.1, 0.15) is 11.6 Å². The average Bonchev–Trinajstić information content (AvgIpc) is 3.24. The summed E-state index contributed by atoms with van der Waals surface area (Å²) in [6.07, 6.45) is 0.195. The van der Waals surface area contributed by atoms with E-state index < -0.39 is 5.82 Å². The van der Waals surface area contributed by atoms with Gasteiger partial charge in [-0.3, -0.25) is 4.79 Å². The van der Waals surface area contributed by atoms with Gasteiger partial charge in [0, 0.05) is 29.8 Å².